The summed E-state index contributed by atoms with van der Waals surface area (Å²) in [5.41, 5.74) is 0. The number of hydrogen-bond acceptors (Lipinski definition) is 4. The Balaban J connectivity index is 0.000000637. The molecule has 0 saturated carbocycles. The van der Waals surface area contributed by atoms with Crippen molar-refractivity contribution < 1.29 is 4.74 Å². The van der Waals surface area contributed by atoms with Crippen molar-refractivity contribution in [2.24, 2.45) is 0 Å². The van der Waals surface area contributed by atoms with Gasteiger partial charge in [0.1, 0.15) is 0 Å². The van der Waals surface area contributed by atoms with Crippen molar-refractivity contribution in [1.82, 2.24) is 14.7 Å². The van der Waals surface area contributed by atoms with Crippen molar-refractivity contribution >= 4 is 0 Å². The maximum atomic E-state index is 5.28. The first-order valence-electron chi connectivity index (χ1n) is 8.07. The fourth-order valence-electron chi connectivity index (χ4n) is 3.26. The van der Waals surface area contributed by atoms with Crippen molar-refractivity contribution in [3.8, 4) is 0 Å². The molecule has 3 rings (SSSR count). The van der Waals surface area contributed by atoms with Crippen LogP contribution in [0.2, 0.25) is 0 Å². The lowest BCUT2D eigenvalue weighted by Crippen LogP contribution is -2.58. The Kier molecular flexibility index (Phi) is 6.07. The lowest BCUT2D eigenvalue weighted by atomic mass is 10.0. The highest BCUT2D eigenvalue weighted by Crippen LogP contribution is 2.19. The van der Waals surface area contributed by atoms with Gasteiger partial charge < -0.3 is 9.64 Å². The number of ether oxygens (including phenoxy) is 1. The first-order chi connectivity index (χ1) is 9.33. The summed E-state index contributed by atoms with van der Waals surface area (Å²) in [7, 11) is 2.24. The van der Waals surface area contributed by atoms with Crippen LogP contribution in [0.15, 0.2) is 0 Å². The fraction of sp³-hybridized carbons (Fsp3) is 1.00. The molecule has 3 heterocycles. The molecule has 0 spiro atoms. The van der Waals surface area contributed by atoms with Crippen LogP contribution in [-0.2, 0) is 4.74 Å². The van der Waals surface area contributed by atoms with Crippen LogP contribution < -0.4 is 0 Å². The van der Waals surface area contributed by atoms with Gasteiger partial charge in [0.05, 0.1) is 19.3 Å². The molecule has 0 atom stereocenters. The van der Waals surface area contributed by atoms with E-state index in [9.17, 15) is 0 Å². The van der Waals surface area contributed by atoms with Gasteiger partial charge in [-0.2, -0.15) is 0 Å². The Labute approximate surface area is 118 Å². The molecular weight excluding hydrogens is 238 g/mol. The van der Waals surface area contributed by atoms with E-state index < -0.39 is 0 Å². The van der Waals surface area contributed by atoms with Crippen LogP contribution in [0, 0.1) is 0 Å². The molecule has 0 aromatic carbocycles. The Morgan fingerprint density at radius 3 is 1.63 bits per heavy atom. The normalized spacial score (nSPS) is 28.6. The predicted molar refractivity (Wildman–Crippen MR) is 79.6 cm³/mol. The van der Waals surface area contributed by atoms with Crippen LogP contribution in [0.4, 0.5) is 0 Å². The summed E-state index contributed by atoms with van der Waals surface area (Å²) in [5, 5.41) is 0. The topological polar surface area (TPSA) is 19.0 Å². The number of piperazine rings is 1. The molecular formula is C15H31N3O. The molecule has 4 heteroatoms. The van der Waals surface area contributed by atoms with Gasteiger partial charge >= 0.3 is 0 Å². The average molecular weight is 269 g/mol. The summed E-state index contributed by atoms with van der Waals surface area (Å²) in [6.45, 7) is 13.5. The molecule has 0 aromatic heterocycles. The second-order valence-electron chi connectivity index (χ2n) is 5.80. The summed E-state index contributed by atoms with van der Waals surface area (Å²) >= 11 is 0. The van der Waals surface area contributed by atoms with Crippen LogP contribution in [0.3, 0.4) is 0 Å². The number of piperidine rings is 1. The standard InChI is InChI=1S/C13H25N3O.C2H6/c1-14-4-2-12(3-5-14)15-6-8-16(9-7-15)13-10-17-11-13;1-2/h12-13H,2-11H2,1H3;1-2H3. The molecule has 0 unspecified atom stereocenters. The maximum Gasteiger partial charge on any atom is 0.0645 e. The highest BCUT2D eigenvalue weighted by molar-refractivity contribution is 4.86. The number of nitrogens with zero attached hydrogens (tertiary/aromatic N) is 3. The van der Waals surface area contributed by atoms with Crippen LogP contribution in [0.5, 0.6) is 0 Å². The smallest absolute Gasteiger partial charge is 0.0645 e. The third-order valence-electron chi connectivity index (χ3n) is 4.69. The van der Waals surface area contributed by atoms with Gasteiger partial charge in [-0.15, -0.1) is 0 Å². The zero-order chi connectivity index (χ0) is 13.7. The Morgan fingerprint density at radius 1 is 0.737 bits per heavy atom. The third kappa shape index (κ3) is 3.91. The van der Waals surface area contributed by atoms with Crippen LogP contribution in [0.1, 0.15) is 26.7 Å². The van der Waals surface area contributed by atoms with E-state index in [1.165, 1.54) is 52.1 Å². The molecule has 112 valence electrons. The minimum atomic E-state index is 0.731. The lowest BCUT2D eigenvalue weighted by Gasteiger charge is -2.46. The molecule has 3 aliphatic rings. The van der Waals surface area contributed by atoms with Crippen molar-refractivity contribution in [1.29, 1.82) is 0 Å². The van der Waals surface area contributed by atoms with Crippen LogP contribution in [-0.4, -0.2) is 86.3 Å². The van der Waals surface area contributed by atoms with Gasteiger partial charge in [-0.3, -0.25) is 9.80 Å². The summed E-state index contributed by atoms with van der Waals surface area (Å²) in [6.07, 6.45) is 2.73. The van der Waals surface area contributed by atoms with E-state index in [1.54, 1.807) is 0 Å². The highest BCUT2D eigenvalue weighted by atomic mass is 16.5. The lowest BCUT2D eigenvalue weighted by molar-refractivity contribution is -0.0811. The van der Waals surface area contributed by atoms with E-state index in [0.29, 0.717) is 0 Å². The van der Waals surface area contributed by atoms with E-state index in [0.717, 1.165) is 25.3 Å². The number of hydrogen-bond donors (Lipinski definition) is 0. The van der Waals surface area contributed by atoms with Crippen LogP contribution >= 0.6 is 0 Å². The van der Waals surface area contributed by atoms with E-state index in [-0.39, 0.29) is 0 Å². The van der Waals surface area contributed by atoms with Gasteiger partial charge in [0, 0.05) is 32.2 Å². The third-order valence-corrected chi connectivity index (χ3v) is 4.69. The quantitative estimate of drug-likeness (QED) is 0.748. The van der Waals surface area contributed by atoms with Crippen molar-refractivity contribution in [2.45, 2.75) is 38.8 Å². The van der Waals surface area contributed by atoms with E-state index in [4.69, 9.17) is 4.74 Å². The second-order valence-corrected chi connectivity index (χ2v) is 5.80. The molecule has 3 saturated heterocycles. The minimum absolute atomic E-state index is 0.731. The Bertz CT molecular complexity index is 242. The Hall–Kier alpha value is -0.160. The molecule has 0 radical (unpaired) electrons. The maximum absolute atomic E-state index is 5.28. The number of rotatable bonds is 2. The first kappa shape index (κ1) is 15.2. The molecule has 0 aliphatic carbocycles. The summed E-state index contributed by atoms with van der Waals surface area (Å²) in [5.74, 6) is 0. The second kappa shape index (κ2) is 7.58. The zero-order valence-corrected chi connectivity index (χ0v) is 13.0. The van der Waals surface area contributed by atoms with Crippen molar-refractivity contribution in [3.63, 3.8) is 0 Å². The van der Waals surface area contributed by atoms with Crippen LogP contribution in [0.25, 0.3) is 0 Å². The first-order valence-corrected chi connectivity index (χ1v) is 8.07. The SMILES string of the molecule is CC.CN1CCC(N2CCN(C3COC3)CC2)CC1. The molecule has 3 aliphatic heterocycles. The zero-order valence-electron chi connectivity index (χ0n) is 13.0. The van der Waals surface area contributed by atoms with Gasteiger partial charge in [-0.05, 0) is 33.0 Å². The molecule has 0 amide bonds. The van der Waals surface area contributed by atoms with E-state index in [2.05, 4.69) is 21.7 Å². The predicted octanol–water partition coefficient (Wildman–Crippen LogP) is 1.12. The molecule has 19 heavy (non-hydrogen) atoms. The minimum Gasteiger partial charge on any atom is -0.378 e. The monoisotopic (exact) mass is 269 g/mol. The van der Waals surface area contributed by atoms with E-state index in [1.807, 2.05) is 13.8 Å². The number of likely N-dealkylation sites (tertiary alicyclic amines) is 1. The summed E-state index contributed by atoms with van der Waals surface area (Å²) in [6, 6.07) is 1.58. The average Bonchev–Trinajstić information content (AvgIpc) is 2.41. The summed E-state index contributed by atoms with van der Waals surface area (Å²) in [4.78, 5) is 7.80. The van der Waals surface area contributed by atoms with Crippen molar-refractivity contribution in [2.75, 3.05) is 59.5 Å². The van der Waals surface area contributed by atoms with Gasteiger partial charge in [0.25, 0.3) is 0 Å². The molecule has 4 nitrogen and oxygen atoms in total. The van der Waals surface area contributed by atoms with Gasteiger partial charge in [0.2, 0.25) is 0 Å². The summed E-state index contributed by atoms with van der Waals surface area (Å²) < 4.78 is 5.28. The molecule has 0 N–H and O–H groups in total. The molecule has 0 aromatic rings. The van der Waals surface area contributed by atoms with Crippen molar-refractivity contribution in [3.05, 3.63) is 0 Å². The van der Waals surface area contributed by atoms with Gasteiger partial charge in [-0.25, -0.2) is 0 Å². The Morgan fingerprint density at radius 2 is 1.21 bits per heavy atom. The van der Waals surface area contributed by atoms with E-state index >= 15 is 0 Å². The van der Waals surface area contributed by atoms with Gasteiger partial charge in [0.15, 0.2) is 0 Å². The fourth-order valence-corrected chi connectivity index (χ4v) is 3.26. The molecule has 3 fully saturated rings. The van der Waals surface area contributed by atoms with Gasteiger partial charge in [-0.1, -0.05) is 13.8 Å². The molecule has 0 bridgehead atoms. The highest BCUT2D eigenvalue weighted by Gasteiger charge is 2.31. The largest absolute Gasteiger partial charge is 0.378 e.